The molecule has 1 aliphatic heterocycles. The summed E-state index contributed by atoms with van der Waals surface area (Å²) in [5, 5.41) is 4.75. The predicted octanol–water partition coefficient (Wildman–Crippen LogP) is 3.62. The van der Waals surface area contributed by atoms with E-state index in [2.05, 4.69) is 5.16 Å². The maximum absolute atomic E-state index is 13.3. The molecule has 6 heteroatoms. The van der Waals surface area contributed by atoms with Gasteiger partial charge in [-0.25, -0.2) is 4.39 Å². The summed E-state index contributed by atoms with van der Waals surface area (Å²) in [6, 6.07) is 5.76. The largest absolute Gasteiger partial charge is 0.361 e. The highest BCUT2D eigenvalue weighted by atomic mass is 32.2. The van der Waals surface area contributed by atoms with E-state index in [0.29, 0.717) is 12.1 Å². The van der Waals surface area contributed by atoms with E-state index in [4.69, 9.17) is 4.52 Å². The Kier molecular flexibility index (Phi) is 4.02. The van der Waals surface area contributed by atoms with Gasteiger partial charge in [0.25, 0.3) is 5.91 Å². The van der Waals surface area contributed by atoms with Crippen molar-refractivity contribution >= 4 is 23.7 Å². The third-order valence-electron chi connectivity index (χ3n) is 3.50. The molecule has 0 unspecified atom stereocenters. The Morgan fingerprint density at radius 3 is 2.95 bits per heavy atom. The van der Waals surface area contributed by atoms with Crippen molar-refractivity contribution in [1.82, 2.24) is 10.1 Å². The van der Waals surface area contributed by atoms with Crippen molar-refractivity contribution in [3.8, 4) is 0 Å². The van der Waals surface area contributed by atoms with Crippen LogP contribution in [0.3, 0.4) is 0 Å². The van der Waals surface area contributed by atoms with Crippen LogP contribution in [-0.2, 0) is 0 Å². The van der Waals surface area contributed by atoms with Gasteiger partial charge in [-0.1, -0.05) is 11.2 Å². The number of hydrogen-bond acceptors (Lipinski definition) is 4. The van der Waals surface area contributed by atoms with E-state index in [1.165, 1.54) is 12.1 Å². The molecule has 0 spiro atoms. The van der Waals surface area contributed by atoms with Crippen molar-refractivity contribution in [2.75, 3.05) is 12.3 Å². The van der Waals surface area contributed by atoms with Gasteiger partial charge in [0.1, 0.15) is 11.6 Å². The smallest absolute Gasteiger partial charge is 0.258 e. The fourth-order valence-electron chi connectivity index (χ4n) is 2.35. The molecule has 0 bridgehead atoms. The predicted molar refractivity (Wildman–Crippen MR) is 83.8 cm³/mol. The van der Waals surface area contributed by atoms with Crippen LogP contribution in [0.1, 0.15) is 27.4 Å². The highest BCUT2D eigenvalue weighted by Crippen LogP contribution is 2.32. The molecule has 0 N–H and O–H groups in total. The number of carbonyl (C=O) groups is 1. The summed E-state index contributed by atoms with van der Waals surface area (Å²) >= 11 is 1.60. The number of benzene rings is 1. The van der Waals surface area contributed by atoms with Gasteiger partial charge in [-0.3, -0.25) is 4.79 Å². The normalized spacial score (nSPS) is 16.5. The van der Waals surface area contributed by atoms with Crippen LogP contribution in [-0.4, -0.2) is 28.3 Å². The van der Waals surface area contributed by atoms with Gasteiger partial charge in [0.05, 0.1) is 10.7 Å². The van der Waals surface area contributed by atoms with Crippen molar-refractivity contribution in [3.05, 3.63) is 57.7 Å². The van der Waals surface area contributed by atoms with Crippen LogP contribution in [0.4, 0.5) is 4.39 Å². The first-order chi connectivity index (χ1) is 10.6. The summed E-state index contributed by atoms with van der Waals surface area (Å²) in [5.41, 5.74) is 2.03. The van der Waals surface area contributed by atoms with Crippen LogP contribution in [0.5, 0.6) is 0 Å². The first-order valence-electron chi connectivity index (χ1n) is 6.91. The van der Waals surface area contributed by atoms with Crippen molar-refractivity contribution in [3.63, 3.8) is 0 Å². The number of halogens is 1. The van der Waals surface area contributed by atoms with Gasteiger partial charge in [-0.2, -0.15) is 0 Å². The number of thioether (sulfide) groups is 1. The third-order valence-corrected chi connectivity index (χ3v) is 4.52. The molecule has 0 aliphatic carbocycles. The summed E-state index contributed by atoms with van der Waals surface area (Å²) in [6.07, 6.45) is 1.91. The molecule has 1 aliphatic rings. The summed E-state index contributed by atoms with van der Waals surface area (Å²) in [7, 11) is 0. The number of hydrogen-bond donors (Lipinski definition) is 0. The van der Waals surface area contributed by atoms with E-state index in [9.17, 15) is 9.18 Å². The zero-order valence-electron chi connectivity index (χ0n) is 12.3. The zero-order chi connectivity index (χ0) is 15.7. The summed E-state index contributed by atoms with van der Waals surface area (Å²) in [4.78, 5) is 14.2. The number of amides is 1. The topological polar surface area (TPSA) is 46.3 Å². The first kappa shape index (κ1) is 14.8. The SMILES string of the molecule is Cc1noc(C)c1/C=C1/SCCN1C(=O)c1cccc(F)c1. The molecule has 1 aromatic heterocycles. The van der Waals surface area contributed by atoms with E-state index >= 15 is 0 Å². The van der Waals surface area contributed by atoms with Crippen LogP contribution in [0.2, 0.25) is 0 Å². The minimum atomic E-state index is -0.408. The maximum Gasteiger partial charge on any atom is 0.258 e. The number of aryl methyl sites for hydroxylation is 2. The average Bonchev–Trinajstić information content (AvgIpc) is 3.08. The minimum absolute atomic E-state index is 0.192. The quantitative estimate of drug-likeness (QED) is 0.848. The van der Waals surface area contributed by atoms with Gasteiger partial charge in [-0.05, 0) is 38.1 Å². The minimum Gasteiger partial charge on any atom is -0.361 e. The van der Waals surface area contributed by atoms with Crippen LogP contribution >= 0.6 is 11.8 Å². The molecule has 2 aromatic rings. The van der Waals surface area contributed by atoms with Gasteiger partial charge in [-0.15, -0.1) is 11.8 Å². The summed E-state index contributed by atoms with van der Waals surface area (Å²) in [5.74, 6) is 0.933. The van der Waals surface area contributed by atoms with Crippen molar-refractivity contribution in [2.45, 2.75) is 13.8 Å². The number of nitrogens with zero attached hydrogens (tertiary/aromatic N) is 2. The Morgan fingerprint density at radius 2 is 2.27 bits per heavy atom. The first-order valence-corrected chi connectivity index (χ1v) is 7.89. The Hall–Kier alpha value is -2.08. The molecule has 1 aromatic carbocycles. The van der Waals surface area contributed by atoms with E-state index in [0.717, 1.165) is 27.8 Å². The lowest BCUT2D eigenvalue weighted by Crippen LogP contribution is -2.26. The van der Waals surface area contributed by atoms with E-state index in [1.807, 2.05) is 19.9 Å². The molecule has 3 rings (SSSR count). The summed E-state index contributed by atoms with van der Waals surface area (Å²) < 4.78 is 18.5. The molecule has 4 nitrogen and oxygen atoms in total. The lowest BCUT2D eigenvalue weighted by Gasteiger charge is -2.17. The second-order valence-electron chi connectivity index (χ2n) is 5.04. The van der Waals surface area contributed by atoms with E-state index in [1.54, 1.807) is 28.8 Å². The molecule has 0 saturated carbocycles. The number of rotatable bonds is 2. The lowest BCUT2D eigenvalue weighted by molar-refractivity contribution is 0.0830. The highest BCUT2D eigenvalue weighted by molar-refractivity contribution is 8.03. The summed E-state index contributed by atoms with van der Waals surface area (Å²) in [6.45, 7) is 4.31. The number of carbonyl (C=O) groups excluding carboxylic acids is 1. The molecule has 0 radical (unpaired) electrons. The third kappa shape index (κ3) is 2.78. The molecule has 1 fully saturated rings. The highest BCUT2D eigenvalue weighted by Gasteiger charge is 2.26. The monoisotopic (exact) mass is 318 g/mol. The molecule has 1 amide bonds. The second kappa shape index (κ2) is 5.96. The van der Waals surface area contributed by atoms with Crippen molar-refractivity contribution in [2.24, 2.45) is 0 Å². The van der Waals surface area contributed by atoms with Gasteiger partial charge in [0.15, 0.2) is 0 Å². The van der Waals surface area contributed by atoms with Crippen LogP contribution < -0.4 is 0 Å². The molecular weight excluding hydrogens is 303 g/mol. The molecule has 22 heavy (non-hydrogen) atoms. The fourth-order valence-corrected chi connectivity index (χ4v) is 3.36. The maximum atomic E-state index is 13.3. The molecule has 0 atom stereocenters. The second-order valence-corrected chi connectivity index (χ2v) is 6.15. The van der Waals surface area contributed by atoms with E-state index in [-0.39, 0.29) is 5.91 Å². The molecule has 2 heterocycles. The molecule has 114 valence electrons. The zero-order valence-corrected chi connectivity index (χ0v) is 13.1. The molecule has 1 saturated heterocycles. The van der Waals surface area contributed by atoms with Crippen LogP contribution in [0.25, 0.3) is 6.08 Å². The van der Waals surface area contributed by atoms with E-state index < -0.39 is 5.82 Å². The Labute approximate surface area is 132 Å². The van der Waals surface area contributed by atoms with Crippen molar-refractivity contribution < 1.29 is 13.7 Å². The van der Waals surface area contributed by atoms with Crippen LogP contribution in [0.15, 0.2) is 33.8 Å². The van der Waals surface area contributed by atoms with Gasteiger partial charge >= 0.3 is 0 Å². The Balaban J connectivity index is 1.92. The van der Waals surface area contributed by atoms with Gasteiger partial charge in [0.2, 0.25) is 0 Å². The standard InChI is InChI=1S/C16H15FN2O2S/c1-10-14(11(2)21-18-10)9-15-19(6-7-22-15)16(20)12-4-3-5-13(17)8-12/h3-5,8-9H,6-7H2,1-2H3/b15-9+. The Morgan fingerprint density at radius 1 is 1.45 bits per heavy atom. The Bertz CT molecular complexity index is 735. The lowest BCUT2D eigenvalue weighted by atomic mass is 10.2. The fraction of sp³-hybridized carbons (Fsp3) is 0.250. The number of aromatic nitrogens is 1. The van der Waals surface area contributed by atoms with Gasteiger partial charge < -0.3 is 9.42 Å². The van der Waals surface area contributed by atoms with Crippen molar-refractivity contribution in [1.29, 1.82) is 0 Å². The average molecular weight is 318 g/mol. The van der Waals surface area contributed by atoms with Gasteiger partial charge in [0, 0.05) is 23.4 Å². The molecular formula is C16H15FN2O2S. The van der Waals surface area contributed by atoms with Crippen LogP contribution in [0, 0.1) is 19.7 Å².